The highest BCUT2D eigenvalue weighted by atomic mass is 32.1. The van der Waals surface area contributed by atoms with Gasteiger partial charge in [0.25, 0.3) is 5.91 Å². The third-order valence-corrected chi connectivity index (χ3v) is 4.59. The second kappa shape index (κ2) is 9.42. The molecule has 1 N–H and O–H groups in total. The highest BCUT2D eigenvalue weighted by molar-refractivity contribution is 7.09. The van der Waals surface area contributed by atoms with E-state index in [-0.39, 0.29) is 11.9 Å². The zero-order valence-corrected chi connectivity index (χ0v) is 15.5. The summed E-state index contributed by atoms with van der Waals surface area (Å²) in [5.41, 5.74) is 1.54. The van der Waals surface area contributed by atoms with E-state index in [2.05, 4.69) is 24.1 Å². The number of carbonyl (C=O) groups excluding carboxylic acids is 1. The average molecular weight is 346 g/mol. The highest BCUT2D eigenvalue weighted by Gasteiger charge is 2.10. The number of rotatable bonds is 9. The van der Waals surface area contributed by atoms with Gasteiger partial charge >= 0.3 is 0 Å². The second-order valence-corrected chi connectivity index (χ2v) is 7.11. The van der Waals surface area contributed by atoms with Crippen LogP contribution in [-0.2, 0) is 6.61 Å². The highest BCUT2D eigenvalue weighted by Crippen LogP contribution is 2.16. The summed E-state index contributed by atoms with van der Waals surface area (Å²) in [4.78, 5) is 16.7. The molecule has 1 unspecified atom stereocenters. The molecule has 0 aliphatic carbocycles. The number of aryl methyl sites for hydroxylation is 1. The molecule has 0 radical (unpaired) electrons. The summed E-state index contributed by atoms with van der Waals surface area (Å²) in [7, 11) is 0. The first kappa shape index (κ1) is 18.5. The van der Waals surface area contributed by atoms with Crippen LogP contribution in [0, 0.1) is 6.92 Å². The Kier molecular flexibility index (Phi) is 7.25. The topological polar surface area (TPSA) is 51.2 Å². The minimum absolute atomic E-state index is 0.0473. The molecule has 0 aliphatic rings. The molecule has 130 valence electrons. The molecule has 1 aromatic carbocycles. The average Bonchev–Trinajstić information content (AvgIpc) is 2.99. The molecule has 0 saturated carbocycles. The van der Waals surface area contributed by atoms with Crippen molar-refractivity contribution in [2.75, 3.05) is 0 Å². The first-order valence-corrected chi connectivity index (χ1v) is 9.41. The molecule has 0 bridgehead atoms. The van der Waals surface area contributed by atoms with Gasteiger partial charge in [0, 0.05) is 17.0 Å². The maximum atomic E-state index is 12.3. The van der Waals surface area contributed by atoms with Crippen LogP contribution >= 0.6 is 11.3 Å². The fourth-order valence-corrected chi connectivity index (χ4v) is 3.04. The van der Waals surface area contributed by atoms with Gasteiger partial charge in [0.2, 0.25) is 0 Å². The molecule has 0 saturated heterocycles. The van der Waals surface area contributed by atoms with Gasteiger partial charge in [0.05, 0.1) is 10.7 Å². The van der Waals surface area contributed by atoms with Gasteiger partial charge in [-0.25, -0.2) is 4.98 Å². The zero-order chi connectivity index (χ0) is 17.4. The number of aromatic nitrogens is 1. The predicted molar refractivity (Wildman–Crippen MR) is 98.7 cm³/mol. The molecule has 1 heterocycles. The molecule has 2 aromatic rings. The lowest BCUT2D eigenvalue weighted by Gasteiger charge is -2.14. The minimum Gasteiger partial charge on any atom is -0.487 e. The van der Waals surface area contributed by atoms with Gasteiger partial charge in [0.15, 0.2) is 0 Å². The van der Waals surface area contributed by atoms with Gasteiger partial charge in [-0.15, -0.1) is 11.3 Å². The number of benzene rings is 1. The number of nitrogens with one attached hydrogen (secondary N) is 1. The number of carbonyl (C=O) groups is 1. The molecule has 0 fully saturated rings. The molecule has 1 atom stereocenters. The van der Waals surface area contributed by atoms with E-state index in [1.807, 2.05) is 30.5 Å². The second-order valence-electron chi connectivity index (χ2n) is 6.04. The fraction of sp³-hybridized carbons (Fsp3) is 0.474. The maximum absolute atomic E-state index is 12.3. The Labute approximate surface area is 148 Å². The van der Waals surface area contributed by atoms with Crippen molar-refractivity contribution >= 4 is 17.2 Å². The van der Waals surface area contributed by atoms with Crippen LogP contribution in [-0.4, -0.2) is 16.9 Å². The number of ether oxygens (including phenoxy) is 1. The summed E-state index contributed by atoms with van der Waals surface area (Å²) in [5.74, 6) is 0.640. The number of thiazole rings is 1. The number of hydrogen-bond donors (Lipinski definition) is 1. The van der Waals surface area contributed by atoms with E-state index in [9.17, 15) is 4.79 Å². The molecular formula is C19H26N2O2S. The van der Waals surface area contributed by atoms with E-state index in [1.165, 1.54) is 12.8 Å². The van der Waals surface area contributed by atoms with Crippen molar-refractivity contribution in [2.45, 2.75) is 59.1 Å². The van der Waals surface area contributed by atoms with Crippen molar-refractivity contribution < 1.29 is 9.53 Å². The molecule has 24 heavy (non-hydrogen) atoms. The predicted octanol–water partition coefficient (Wildman–Crippen LogP) is 4.73. The minimum atomic E-state index is -0.0473. The first-order chi connectivity index (χ1) is 11.6. The number of amides is 1. The van der Waals surface area contributed by atoms with E-state index in [0.29, 0.717) is 17.9 Å². The summed E-state index contributed by atoms with van der Waals surface area (Å²) in [6.07, 6.45) is 4.56. The van der Waals surface area contributed by atoms with Crippen molar-refractivity contribution in [3.8, 4) is 5.75 Å². The lowest BCUT2D eigenvalue weighted by molar-refractivity contribution is 0.0937. The summed E-state index contributed by atoms with van der Waals surface area (Å²) in [6.45, 7) is 6.63. The quantitative estimate of drug-likeness (QED) is 0.668. The molecule has 0 aliphatic heterocycles. The standard InChI is InChI=1S/C19H26N2O2S/c1-4-5-6-8-14(2)20-19(22)16-9-7-10-18(11-16)23-12-17-13-24-15(3)21-17/h7,9-11,13-14H,4-6,8,12H2,1-3H3,(H,20,22). The van der Waals surface area contributed by atoms with Gasteiger partial charge in [-0.1, -0.05) is 32.3 Å². The van der Waals surface area contributed by atoms with Gasteiger partial charge in [-0.05, 0) is 38.5 Å². The Bertz CT molecular complexity index is 654. The molecule has 5 heteroatoms. The number of nitrogens with zero attached hydrogens (tertiary/aromatic N) is 1. The normalized spacial score (nSPS) is 12.0. The van der Waals surface area contributed by atoms with Crippen molar-refractivity contribution in [1.29, 1.82) is 0 Å². The van der Waals surface area contributed by atoms with Crippen LogP contribution in [0.2, 0.25) is 0 Å². The van der Waals surface area contributed by atoms with Gasteiger partial charge in [-0.3, -0.25) is 4.79 Å². The summed E-state index contributed by atoms with van der Waals surface area (Å²) in [6, 6.07) is 7.49. The molecular weight excluding hydrogens is 320 g/mol. The molecule has 1 aromatic heterocycles. The first-order valence-electron chi connectivity index (χ1n) is 8.53. The van der Waals surface area contributed by atoms with Crippen LogP contribution in [0.3, 0.4) is 0 Å². The third-order valence-electron chi connectivity index (χ3n) is 3.77. The van der Waals surface area contributed by atoms with E-state index in [0.717, 1.165) is 23.5 Å². The van der Waals surface area contributed by atoms with Crippen LogP contribution in [0.25, 0.3) is 0 Å². The lowest BCUT2D eigenvalue weighted by atomic mass is 10.1. The summed E-state index contributed by atoms with van der Waals surface area (Å²) >= 11 is 1.61. The van der Waals surface area contributed by atoms with E-state index in [1.54, 1.807) is 17.4 Å². The van der Waals surface area contributed by atoms with E-state index in [4.69, 9.17) is 4.74 Å². The number of unbranched alkanes of at least 4 members (excludes halogenated alkanes) is 2. The van der Waals surface area contributed by atoms with Crippen molar-refractivity contribution in [3.63, 3.8) is 0 Å². The molecule has 4 nitrogen and oxygen atoms in total. The molecule has 1 amide bonds. The summed E-state index contributed by atoms with van der Waals surface area (Å²) < 4.78 is 5.74. The van der Waals surface area contributed by atoms with Gasteiger partial charge < -0.3 is 10.1 Å². The van der Waals surface area contributed by atoms with E-state index >= 15 is 0 Å². The summed E-state index contributed by atoms with van der Waals surface area (Å²) in [5, 5.41) is 6.07. The SMILES string of the molecule is CCCCCC(C)NC(=O)c1cccc(OCc2csc(C)n2)c1. The molecule has 0 spiro atoms. The Balaban J connectivity index is 1.87. The van der Waals surface area contributed by atoms with Crippen LogP contribution in [0.5, 0.6) is 5.75 Å². The van der Waals surface area contributed by atoms with Crippen LogP contribution in [0.1, 0.15) is 60.6 Å². The van der Waals surface area contributed by atoms with Crippen LogP contribution in [0.15, 0.2) is 29.6 Å². The Morgan fingerprint density at radius 3 is 2.92 bits per heavy atom. The zero-order valence-electron chi connectivity index (χ0n) is 14.7. The van der Waals surface area contributed by atoms with Crippen molar-refractivity contribution in [2.24, 2.45) is 0 Å². The van der Waals surface area contributed by atoms with E-state index < -0.39 is 0 Å². The van der Waals surface area contributed by atoms with Crippen LogP contribution in [0.4, 0.5) is 0 Å². The largest absolute Gasteiger partial charge is 0.487 e. The Morgan fingerprint density at radius 2 is 2.21 bits per heavy atom. The van der Waals surface area contributed by atoms with Crippen molar-refractivity contribution in [3.05, 3.63) is 45.9 Å². The van der Waals surface area contributed by atoms with Crippen molar-refractivity contribution in [1.82, 2.24) is 10.3 Å². The Morgan fingerprint density at radius 1 is 1.38 bits per heavy atom. The Hall–Kier alpha value is -1.88. The smallest absolute Gasteiger partial charge is 0.251 e. The molecule has 2 rings (SSSR count). The lowest BCUT2D eigenvalue weighted by Crippen LogP contribution is -2.32. The fourth-order valence-electron chi connectivity index (χ4n) is 2.44. The van der Waals surface area contributed by atoms with Crippen LogP contribution < -0.4 is 10.1 Å². The monoisotopic (exact) mass is 346 g/mol. The van der Waals surface area contributed by atoms with Gasteiger partial charge in [-0.2, -0.15) is 0 Å². The van der Waals surface area contributed by atoms with Gasteiger partial charge in [0.1, 0.15) is 12.4 Å². The third kappa shape index (κ3) is 5.96. The number of hydrogen-bond acceptors (Lipinski definition) is 4. The maximum Gasteiger partial charge on any atom is 0.251 e.